The number of guanidine groups is 1. The Morgan fingerprint density at radius 3 is 2.55 bits per heavy atom. The molecule has 3 rings (SSSR count). The Hall–Kier alpha value is -1.59. The smallest absolute Gasteiger partial charge is 0.191 e. The molecule has 29 heavy (non-hydrogen) atoms. The Balaban J connectivity index is 1.26. The van der Waals surface area contributed by atoms with Gasteiger partial charge in [0.15, 0.2) is 5.96 Å². The molecule has 2 fully saturated rings. The Bertz CT molecular complexity index is 595. The van der Waals surface area contributed by atoms with E-state index >= 15 is 0 Å². The normalized spacial score (nSPS) is 22.6. The van der Waals surface area contributed by atoms with Gasteiger partial charge in [-0.15, -0.1) is 0 Å². The SMILES string of the molecule is CN=C(NCCCCN1CCCC(C)C1)NC1CCN(Cc2ccccc2)CC1. The van der Waals surface area contributed by atoms with Crippen molar-refractivity contribution in [2.75, 3.05) is 46.3 Å². The first kappa shape index (κ1) is 22.1. The molecule has 2 N–H and O–H groups in total. The number of likely N-dealkylation sites (tertiary alicyclic amines) is 2. The minimum Gasteiger partial charge on any atom is -0.356 e. The number of nitrogens with zero attached hydrogens (tertiary/aromatic N) is 3. The molecule has 1 aromatic rings. The van der Waals surface area contributed by atoms with Crippen LogP contribution in [0.3, 0.4) is 0 Å². The molecule has 0 amide bonds. The van der Waals surface area contributed by atoms with Crippen LogP contribution in [0.5, 0.6) is 0 Å². The zero-order valence-corrected chi connectivity index (χ0v) is 18.6. The highest BCUT2D eigenvalue weighted by Crippen LogP contribution is 2.16. The molecule has 0 aliphatic carbocycles. The van der Waals surface area contributed by atoms with E-state index in [0.717, 1.165) is 38.1 Å². The third kappa shape index (κ3) is 7.98. The molecule has 1 unspecified atom stereocenters. The number of piperidine rings is 2. The van der Waals surface area contributed by atoms with Crippen LogP contribution in [0.4, 0.5) is 0 Å². The fourth-order valence-electron chi connectivity index (χ4n) is 4.62. The highest BCUT2D eigenvalue weighted by atomic mass is 15.2. The highest BCUT2D eigenvalue weighted by molar-refractivity contribution is 5.79. The van der Waals surface area contributed by atoms with Gasteiger partial charge in [0.2, 0.25) is 0 Å². The van der Waals surface area contributed by atoms with Gasteiger partial charge >= 0.3 is 0 Å². The van der Waals surface area contributed by atoms with Gasteiger partial charge in [-0.3, -0.25) is 9.89 Å². The zero-order valence-electron chi connectivity index (χ0n) is 18.6. The first-order valence-corrected chi connectivity index (χ1v) is 11.7. The molecule has 2 aliphatic rings. The van der Waals surface area contributed by atoms with Crippen molar-refractivity contribution in [2.24, 2.45) is 10.9 Å². The van der Waals surface area contributed by atoms with Crippen molar-refractivity contribution in [2.45, 2.75) is 58.0 Å². The summed E-state index contributed by atoms with van der Waals surface area (Å²) in [6.07, 6.45) is 7.63. The highest BCUT2D eigenvalue weighted by Gasteiger charge is 2.20. The van der Waals surface area contributed by atoms with E-state index in [-0.39, 0.29) is 0 Å². The van der Waals surface area contributed by atoms with Gasteiger partial charge in [-0.05, 0) is 63.1 Å². The van der Waals surface area contributed by atoms with Crippen LogP contribution in [0.2, 0.25) is 0 Å². The molecule has 0 saturated carbocycles. The summed E-state index contributed by atoms with van der Waals surface area (Å²) in [4.78, 5) is 9.64. The Labute approximate surface area is 178 Å². The molecule has 2 saturated heterocycles. The molecular formula is C24H41N5. The van der Waals surface area contributed by atoms with Gasteiger partial charge in [0.25, 0.3) is 0 Å². The first-order valence-electron chi connectivity index (χ1n) is 11.7. The first-order chi connectivity index (χ1) is 14.2. The van der Waals surface area contributed by atoms with E-state index < -0.39 is 0 Å². The molecule has 2 aliphatic heterocycles. The second kappa shape index (κ2) is 12.2. The molecule has 5 nitrogen and oxygen atoms in total. The molecule has 5 heteroatoms. The lowest BCUT2D eigenvalue weighted by Crippen LogP contribution is -2.48. The summed E-state index contributed by atoms with van der Waals surface area (Å²) >= 11 is 0. The van der Waals surface area contributed by atoms with E-state index in [4.69, 9.17) is 0 Å². The van der Waals surface area contributed by atoms with Crippen LogP contribution >= 0.6 is 0 Å². The van der Waals surface area contributed by atoms with E-state index in [1.165, 1.54) is 63.7 Å². The standard InChI is InChI=1S/C24H41N5/c1-21-9-8-16-28(19-21)15-7-6-14-26-24(25-2)27-23-12-17-29(18-13-23)20-22-10-4-3-5-11-22/h3-5,10-11,21,23H,6-9,12-20H2,1-2H3,(H2,25,26,27). The van der Waals surface area contributed by atoms with Crippen LogP contribution < -0.4 is 10.6 Å². The van der Waals surface area contributed by atoms with Gasteiger partial charge in [0.05, 0.1) is 0 Å². The van der Waals surface area contributed by atoms with Gasteiger partial charge in [-0.2, -0.15) is 0 Å². The van der Waals surface area contributed by atoms with Crippen molar-refractivity contribution >= 4 is 5.96 Å². The average molecular weight is 400 g/mol. The summed E-state index contributed by atoms with van der Waals surface area (Å²) < 4.78 is 0. The van der Waals surface area contributed by atoms with E-state index in [9.17, 15) is 0 Å². The fraction of sp³-hybridized carbons (Fsp3) is 0.708. The molecule has 2 heterocycles. The second-order valence-corrected chi connectivity index (χ2v) is 8.93. The maximum atomic E-state index is 4.44. The van der Waals surface area contributed by atoms with Crippen molar-refractivity contribution in [3.8, 4) is 0 Å². The van der Waals surface area contributed by atoms with Crippen molar-refractivity contribution in [3.63, 3.8) is 0 Å². The van der Waals surface area contributed by atoms with E-state index in [1.807, 2.05) is 7.05 Å². The topological polar surface area (TPSA) is 42.9 Å². The monoisotopic (exact) mass is 399 g/mol. The van der Waals surface area contributed by atoms with Gasteiger partial charge < -0.3 is 15.5 Å². The van der Waals surface area contributed by atoms with Gasteiger partial charge in [-0.1, -0.05) is 37.3 Å². The largest absolute Gasteiger partial charge is 0.356 e. The lowest BCUT2D eigenvalue weighted by Gasteiger charge is -2.33. The molecule has 1 aromatic carbocycles. The van der Waals surface area contributed by atoms with Crippen LogP contribution in [0.15, 0.2) is 35.3 Å². The number of rotatable bonds is 8. The quantitative estimate of drug-likeness (QED) is 0.400. The number of aliphatic imine (C=N–C) groups is 1. The average Bonchev–Trinajstić information content (AvgIpc) is 2.75. The third-order valence-corrected chi connectivity index (χ3v) is 6.34. The predicted octanol–water partition coefficient (Wildman–Crippen LogP) is 3.33. The van der Waals surface area contributed by atoms with Gasteiger partial charge in [0, 0.05) is 45.8 Å². The summed E-state index contributed by atoms with van der Waals surface area (Å²) in [7, 11) is 1.88. The molecular weight excluding hydrogens is 358 g/mol. The summed E-state index contributed by atoms with van der Waals surface area (Å²) in [6.45, 7) is 10.6. The number of hydrogen-bond donors (Lipinski definition) is 2. The minimum absolute atomic E-state index is 0.531. The molecule has 0 spiro atoms. The zero-order chi connectivity index (χ0) is 20.3. The van der Waals surface area contributed by atoms with E-state index in [1.54, 1.807) is 0 Å². The minimum atomic E-state index is 0.531. The number of benzene rings is 1. The Morgan fingerprint density at radius 1 is 1.03 bits per heavy atom. The number of unbranched alkanes of at least 4 members (excludes halogenated alkanes) is 1. The summed E-state index contributed by atoms with van der Waals surface area (Å²) in [5.74, 6) is 1.85. The lowest BCUT2D eigenvalue weighted by molar-refractivity contribution is 0.181. The molecule has 1 atom stereocenters. The van der Waals surface area contributed by atoms with E-state index in [0.29, 0.717) is 6.04 Å². The van der Waals surface area contributed by atoms with Crippen molar-refractivity contribution in [3.05, 3.63) is 35.9 Å². The van der Waals surface area contributed by atoms with Crippen LogP contribution in [0.25, 0.3) is 0 Å². The predicted molar refractivity (Wildman–Crippen MR) is 123 cm³/mol. The van der Waals surface area contributed by atoms with E-state index in [2.05, 4.69) is 62.7 Å². The van der Waals surface area contributed by atoms with Crippen molar-refractivity contribution in [1.29, 1.82) is 0 Å². The van der Waals surface area contributed by atoms with Crippen molar-refractivity contribution < 1.29 is 0 Å². The van der Waals surface area contributed by atoms with Crippen LogP contribution in [0.1, 0.15) is 51.0 Å². The fourth-order valence-corrected chi connectivity index (χ4v) is 4.62. The molecule has 0 radical (unpaired) electrons. The maximum absolute atomic E-state index is 4.44. The number of nitrogens with one attached hydrogen (secondary N) is 2. The maximum Gasteiger partial charge on any atom is 0.191 e. The molecule has 0 bridgehead atoms. The van der Waals surface area contributed by atoms with Crippen LogP contribution in [-0.2, 0) is 6.54 Å². The summed E-state index contributed by atoms with van der Waals surface area (Å²) in [5.41, 5.74) is 1.41. The van der Waals surface area contributed by atoms with Crippen molar-refractivity contribution in [1.82, 2.24) is 20.4 Å². The number of hydrogen-bond acceptors (Lipinski definition) is 3. The second-order valence-electron chi connectivity index (χ2n) is 8.93. The van der Waals surface area contributed by atoms with Gasteiger partial charge in [0.1, 0.15) is 0 Å². The molecule has 162 valence electrons. The third-order valence-electron chi connectivity index (χ3n) is 6.34. The lowest BCUT2D eigenvalue weighted by atomic mass is 10.0. The summed E-state index contributed by atoms with van der Waals surface area (Å²) in [6, 6.07) is 11.3. The summed E-state index contributed by atoms with van der Waals surface area (Å²) in [5, 5.41) is 7.16. The van der Waals surface area contributed by atoms with Crippen LogP contribution in [0, 0.1) is 5.92 Å². The Kier molecular flexibility index (Phi) is 9.29. The van der Waals surface area contributed by atoms with Crippen LogP contribution in [-0.4, -0.2) is 68.1 Å². The Morgan fingerprint density at radius 2 is 1.83 bits per heavy atom. The molecule has 0 aromatic heterocycles. The van der Waals surface area contributed by atoms with Gasteiger partial charge in [-0.25, -0.2) is 0 Å².